The summed E-state index contributed by atoms with van der Waals surface area (Å²) in [6.45, 7) is 4.81. The molecule has 0 amide bonds. The highest BCUT2D eigenvalue weighted by Gasteiger charge is 2.58. The summed E-state index contributed by atoms with van der Waals surface area (Å²) in [6.07, 6.45) is 9.36. The molecule has 1 spiro atoms. The van der Waals surface area contributed by atoms with Gasteiger partial charge < -0.3 is 5.11 Å². The minimum atomic E-state index is -0.672. The van der Waals surface area contributed by atoms with Gasteiger partial charge in [0.1, 0.15) is 0 Å². The lowest BCUT2D eigenvalue weighted by Crippen LogP contribution is -2.46. The van der Waals surface area contributed by atoms with Gasteiger partial charge in [0, 0.05) is 5.57 Å². The molecule has 3 aliphatic carbocycles. The van der Waals surface area contributed by atoms with E-state index >= 15 is 0 Å². The highest BCUT2D eigenvalue weighted by molar-refractivity contribution is 5.87. The Morgan fingerprint density at radius 2 is 2.12 bits per heavy atom. The molecule has 1 N–H and O–H groups in total. The van der Waals surface area contributed by atoms with E-state index in [1.54, 1.807) is 0 Å². The highest BCUT2D eigenvalue weighted by atomic mass is 16.4. The normalized spacial score (nSPS) is 42.8. The predicted molar refractivity (Wildman–Crippen MR) is 66.6 cm³/mol. The molecule has 2 saturated carbocycles. The number of rotatable bonds is 1. The molecular weight excluding hydrogens is 212 g/mol. The minimum Gasteiger partial charge on any atom is -0.478 e. The molecule has 0 aliphatic heterocycles. The van der Waals surface area contributed by atoms with Crippen LogP contribution in [0.2, 0.25) is 0 Å². The molecule has 2 bridgehead atoms. The standard InChI is InChI=1S/C15H22O2/c1-14(2)6-3-4-11-8-12(13(16)17)10-5-7-15(11,14)9-10/h8,10-11H,3-7,9H2,1-2H3,(H,16,17). The molecule has 0 saturated heterocycles. The summed E-state index contributed by atoms with van der Waals surface area (Å²) < 4.78 is 0. The van der Waals surface area contributed by atoms with Crippen LogP contribution in [0.1, 0.15) is 52.4 Å². The Balaban J connectivity index is 2.05. The van der Waals surface area contributed by atoms with E-state index in [0.29, 0.717) is 22.7 Å². The Morgan fingerprint density at radius 1 is 1.35 bits per heavy atom. The predicted octanol–water partition coefficient (Wildman–Crippen LogP) is 3.62. The molecule has 0 radical (unpaired) electrons. The Labute approximate surface area is 103 Å². The fraction of sp³-hybridized carbons (Fsp3) is 0.800. The summed E-state index contributed by atoms with van der Waals surface area (Å²) in [4.78, 5) is 11.3. The summed E-state index contributed by atoms with van der Waals surface area (Å²) in [6, 6.07) is 0. The van der Waals surface area contributed by atoms with Crippen LogP contribution in [0.4, 0.5) is 0 Å². The van der Waals surface area contributed by atoms with Crippen LogP contribution in [0.15, 0.2) is 11.6 Å². The fourth-order valence-electron chi connectivity index (χ4n) is 4.93. The van der Waals surface area contributed by atoms with E-state index in [4.69, 9.17) is 0 Å². The Bertz CT molecular complexity index is 394. The number of fused-ring (bicyclic) bond motifs is 1. The van der Waals surface area contributed by atoms with Crippen LogP contribution >= 0.6 is 0 Å². The zero-order chi connectivity index (χ0) is 12.3. The van der Waals surface area contributed by atoms with Crippen molar-refractivity contribution in [2.24, 2.45) is 22.7 Å². The van der Waals surface area contributed by atoms with E-state index in [2.05, 4.69) is 19.9 Å². The molecule has 94 valence electrons. The molecule has 2 nitrogen and oxygen atoms in total. The third-order valence-electron chi connectivity index (χ3n) is 5.99. The molecule has 3 unspecified atom stereocenters. The van der Waals surface area contributed by atoms with Crippen LogP contribution in [0.25, 0.3) is 0 Å². The molecule has 17 heavy (non-hydrogen) atoms. The summed E-state index contributed by atoms with van der Waals surface area (Å²) in [5.41, 5.74) is 1.53. The number of allylic oxidation sites excluding steroid dienone is 1. The quantitative estimate of drug-likeness (QED) is 0.752. The molecule has 3 aliphatic rings. The van der Waals surface area contributed by atoms with Gasteiger partial charge in [-0.05, 0) is 54.8 Å². The van der Waals surface area contributed by atoms with Gasteiger partial charge in [-0.1, -0.05) is 26.3 Å². The van der Waals surface area contributed by atoms with Gasteiger partial charge in [-0.3, -0.25) is 0 Å². The SMILES string of the molecule is CC1(C)CCCC2C=C(C(=O)O)C3CCC21C3. The first kappa shape index (κ1) is 11.3. The van der Waals surface area contributed by atoms with E-state index < -0.39 is 5.97 Å². The van der Waals surface area contributed by atoms with E-state index in [1.165, 1.54) is 25.7 Å². The van der Waals surface area contributed by atoms with Gasteiger partial charge in [-0.2, -0.15) is 0 Å². The lowest BCUT2D eigenvalue weighted by molar-refractivity contribution is -0.133. The molecule has 0 aromatic rings. The second-order valence-corrected chi connectivity index (χ2v) is 6.91. The lowest BCUT2D eigenvalue weighted by Gasteiger charge is -2.54. The molecule has 3 atom stereocenters. The van der Waals surface area contributed by atoms with Crippen LogP contribution in [-0.2, 0) is 4.79 Å². The molecular formula is C15H22O2. The van der Waals surface area contributed by atoms with Crippen molar-refractivity contribution in [2.75, 3.05) is 0 Å². The summed E-state index contributed by atoms with van der Waals surface area (Å²) in [5.74, 6) is 0.186. The topological polar surface area (TPSA) is 37.3 Å². The number of carboxylic acid groups (broad SMARTS) is 1. The fourth-order valence-corrected chi connectivity index (χ4v) is 4.93. The van der Waals surface area contributed by atoms with Crippen LogP contribution < -0.4 is 0 Å². The molecule has 2 heteroatoms. The Kier molecular flexibility index (Phi) is 2.24. The van der Waals surface area contributed by atoms with Crippen LogP contribution in [0.5, 0.6) is 0 Å². The van der Waals surface area contributed by atoms with E-state index in [9.17, 15) is 9.90 Å². The van der Waals surface area contributed by atoms with Crippen molar-refractivity contribution in [3.8, 4) is 0 Å². The van der Waals surface area contributed by atoms with Crippen molar-refractivity contribution >= 4 is 5.97 Å². The first-order chi connectivity index (χ1) is 7.96. The molecule has 0 aromatic heterocycles. The summed E-state index contributed by atoms with van der Waals surface area (Å²) in [7, 11) is 0. The first-order valence-electron chi connectivity index (χ1n) is 6.91. The molecule has 0 heterocycles. The Hall–Kier alpha value is -0.790. The maximum absolute atomic E-state index is 11.3. The second-order valence-electron chi connectivity index (χ2n) is 6.91. The average Bonchev–Trinajstić information content (AvgIpc) is 2.61. The Morgan fingerprint density at radius 3 is 2.82 bits per heavy atom. The van der Waals surface area contributed by atoms with Gasteiger partial charge in [-0.15, -0.1) is 0 Å². The zero-order valence-corrected chi connectivity index (χ0v) is 10.8. The largest absolute Gasteiger partial charge is 0.478 e. The smallest absolute Gasteiger partial charge is 0.331 e. The van der Waals surface area contributed by atoms with Crippen molar-refractivity contribution in [1.82, 2.24) is 0 Å². The second kappa shape index (κ2) is 3.37. The number of hydrogen-bond acceptors (Lipinski definition) is 1. The summed E-state index contributed by atoms with van der Waals surface area (Å²) in [5, 5.41) is 9.31. The van der Waals surface area contributed by atoms with Crippen LogP contribution in [0.3, 0.4) is 0 Å². The van der Waals surface area contributed by atoms with Gasteiger partial charge in [0.25, 0.3) is 0 Å². The van der Waals surface area contributed by atoms with Gasteiger partial charge in [-0.25, -0.2) is 4.79 Å². The number of carboxylic acids is 1. The summed E-state index contributed by atoms with van der Waals surface area (Å²) >= 11 is 0. The minimum absolute atomic E-state index is 0.334. The van der Waals surface area contributed by atoms with Gasteiger partial charge in [0.05, 0.1) is 0 Å². The lowest BCUT2D eigenvalue weighted by atomic mass is 9.50. The maximum Gasteiger partial charge on any atom is 0.331 e. The van der Waals surface area contributed by atoms with Crippen molar-refractivity contribution in [1.29, 1.82) is 0 Å². The first-order valence-corrected chi connectivity index (χ1v) is 6.91. The highest BCUT2D eigenvalue weighted by Crippen LogP contribution is 2.66. The molecule has 3 rings (SSSR count). The monoisotopic (exact) mass is 234 g/mol. The third-order valence-corrected chi connectivity index (χ3v) is 5.99. The van der Waals surface area contributed by atoms with Crippen molar-refractivity contribution in [3.63, 3.8) is 0 Å². The van der Waals surface area contributed by atoms with Gasteiger partial charge in [0.15, 0.2) is 0 Å². The maximum atomic E-state index is 11.3. The van der Waals surface area contributed by atoms with Crippen LogP contribution in [0, 0.1) is 22.7 Å². The molecule has 0 aromatic carbocycles. The third kappa shape index (κ3) is 1.36. The van der Waals surface area contributed by atoms with Crippen molar-refractivity contribution in [3.05, 3.63) is 11.6 Å². The average molecular weight is 234 g/mol. The zero-order valence-electron chi connectivity index (χ0n) is 10.8. The van der Waals surface area contributed by atoms with Crippen LogP contribution in [-0.4, -0.2) is 11.1 Å². The number of carbonyl (C=O) groups is 1. The number of hydrogen-bond donors (Lipinski definition) is 1. The van der Waals surface area contributed by atoms with E-state index in [1.807, 2.05) is 0 Å². The van der Waals surface area contributed by atoms with Gasteiger partial charge >= 0.3 is 5.97 Å². The van der Waals surface area contributed by atoms with Crippen molar-refractivity contribution < 1.29 is 9.90 Å². The molecule has 2 fully saturated rings. The van der Waals surface area contributed by atoms with E-state index in [0.717, 1.165) is 18.4 Å². The van der Waals surface area contributed by atoms with Crippen molar-refractivity contribution in [2.45, 2.75) is 52.4 Å². The number of aliphatic carboxylic acids is 1. The van der Waals surface area contributed by atoms with E-state index in [-0.39, 0.29) is 0 Å². The van der Waals surface area contributed by atoms with Gasteiger partial charge in [0.2, 0.25) is 0 Å².